The van der Waals surface area contributed by atoms with Crippen molar-refractivity contribution < 1.29 is 4.42 Å². The Morgan fingerprint density at radius 2 is 0.833 bits per heavy atom. The fourth-order valence-corrected chi connectivity index (χ4v) is 7.86. The third kappa shape index (κ3) is 5.62. The van der Waals surface area contributed by atoms with Gasteiger partial charge >= 0.3 is 0 Å². The van der Waals surface area contributed by atoms with Crippen molar-refractivity contribution in [2.75, 3.05) is 4.90 Å². The Kier molecular flexibility index (Phi) is 7.85. The van der Waals surface area contributed by atoms with E-state index in [0.29, 0.717) is 0 Å². The van der Waals surface area contributed by atoms with Crippen LogP contribution >= 0.6 is 0 Å². The quantitative estimate of drug-likeness (QED) is 0.155. The summed E-state index contributed by atoms with van der Waals surface area (Å²) in [6, 6.07) is 75.7. The van der Waals surface area contributed by atoms with Gasteiger partial charge in [0.25, 0.3) is 0 Å². The van der Waals surface area contributed by atoms with E-state index in [1.807, 2.05) is 6.07 Å². The molecule has 2 nitrogen and oxygen atoms in total. The Bertz CT molecular complexity index is 2910. The van der Waals surface area contributed by atoms with Crippen LogP contribution in [0.15, 0.2) is 217 Å². The number of hydrogen-bond acceptors (Lipinski definition) is 2. The molecular formula is C52H35NO. The SMILES string of the molecule is c1ccc(-c2ccc(-c3ccc(N(c4cccc(-c5oc6ccccc6c5-c5ccccc5)c4)c4cc5ccccc5c5ccccc45)cc3)cc2)cc1. The molecule has 0 saturated heterocycles. The maximum atomic E-state index is 6.70. The Morgan fingerprint density at radius 3 is 1.54 bits per heavy atom. The topological polar surface area (TPSA) is 16.4 Å². The van der Waals surface area contributed by atoms with Gasteiger partial charge in [-0.3, -0.25) is 0 Å². The van der Waals surface area contributed by atoms with Gasteiger partial charge in [-0.15, -0.1) is 0 Å². The fraction of sp³-hybridized carbons (Fsp3) is 0. The van der Waals surface area contributed by atoms with Crippen LogP contribution in [0.3, 0.4) is 0 Å². The second-order valence-corrected chi connectivity index (χ2v) is 13.7. The minimum absolute atomic E-state index is 0.863. The van der Waals surface area contributed by atoms with Crippen molar-refractivity contribution in [3.05, 3.63) is 212 Å². The predicted molar refractivity (Wildman–Crippen MR) is 228 cm³/mol. The van der Waals surface area contributed by atoms with Gasteiger partial charge in [-0.1, -0.05) is 176 Å². The number of benzene rings is 9. The van der Waals surface area contributed by atoms with Crippen molar-refractivity contribution in [1.82, 2.24) is 0 Å². The molecule has 0 saturated carbocycles. The first-order valence-electron chi connectivity index (χ1n) is 18.4. The molecule has 10 rings (SSSR count). The zero-order chi connectivity index (χ0) is 35.8. The summed E-state index contributed by atoms with van der Waals surface area (Å²) in [7, 11) is 0. The van der Waals surface area contributed by atoms with Crippen LogP contribution < -0.4 is 4.90 Å². The second-order valence-electron chi connectivity index (χ2n) is 13.7. The standard InChI is InChI=1S/C52H35NO/c1-3-14-36(15-4-1)37-26-28-38(29-27-37)39-30-32-43(33-31-39)53(49-35-41-18-7-8-21-45(41)46-22-9-10-23-47(46)49)44-20-13-19-42(34-44)52-51(40-16-5-2-6-17-40)48-24-11-12-25-50(48)54-52/h1-35H. The van der Waals surface area contributed by atoms with E-state index in [1.165, 1.54) is 43.8 Å². The molecule has 1 heterocycles. The number of fused-ring (bicyclic) bond motifs is 4. The van der Waals surface area contributed by atoms with E-state index >= 15 is 0 Å². The van der Waals surface area contributed by atoms with Crippen LogP contribution in [0.25, 0.3) is 77.2 Å². The molecule has 254 valence electrons. The zero-order valence-corrected chi connectivity index (χ0v) is 29.6. The maximum Gasteiger partial charge on any atom is 0.143 e. The van der Waals surface area contributed by atoms with Crippen molar-refractivity contribution in [3.63, 3.8) is 0 Å². The second kappa shape index (κ2) is 13.4. The maximum absolute atomic E-state index is 6.70. The highest BCUT2D eigenvalue weighted by atomic mass is 16.3. The summed E-state index contributed by atoms with van der Waals surface area (Å²) >= 11 is 0. The molecule has 0 unspecified atom stereocenters. The molecular weight excluding hydrogens is 655 g/mol. The zero-order valence-electron chi connectivity index (χ0n) is 29.6. The Hall–Kier alpha value is -7.16. The Balaban J connectivity index is 1.14. The molecule has 0 aliphatic rings. The smallest absolute Gasteiger partial charge is 0.143 e. The third-order valence-electron chi connectivity index (χ3n) is 10.5. The van der Waals surface area contributed by atoms with Crippen LogP contribution in [-0.2, 0) is 0 Å². The first-order valence-corrected chi connectivity index (χ1v) is 18.4. The average molecular weight is 690 g/mol. The Labute approximate surface area is 314 Å². The van der Waals surface area contributed by atoms with Gasteiger partial charge in [-0.05, 0) is 80.4 Å². The van der Waals surface area contributed by atoms with E-state index in [2.05, 4.69) is 211 Å². The van der Waals surface area contributed by atoms with E-state index in [4.69, 9.17) is 4.42 Å². The van der Waals surface area contributed by atoms with E-state index in [1.54, 1.807) is 0 Å². The number of nitrogens with zero attached hydrogens (tertiary/aromatic N) is 1. The molecule has 9 aromatic carbocycles. The van der Waals surface area contributed by atoms with E-state index in [-0.39, 0.29) is 0 Å². The predicted octanol–water partition coefficient (Wildman–Crippen LogP) is 14.9. The molecule has 0 radical (unpaired) electrons. The van der Waals surface area contributed by atoms with E-state index < -0.39 is 0 Å². The van der Waals surface area contributed by atoms with Crippen molar-refractivity contribution in [3.8, 4) is 44.7 Å². The van der Waals surface area contributed by atoms with Crippen LogP contribution in [0, 0.1) is 0 Å². The van der Waals surface area contributed by atoms with Crippen LogP contribution in [0.5, 0.6) is 0 Å². The first kappa shape index (κ1) is 31.6. The third-order valence-corrected chi connectivity index (χ3v) is 10.5. The number of anilines is 3. The van der Waals surface area contributed by atoms with Gasteiger partial charge < -0.3 is 9.32 Å². The summed E-state index contributed by atoms with van der Waals surface area (Å²) < 4.78 is 6.70. The molecule has 0 fully saturated rings. The van der Waals surface area contributed by atoms with Gasteiger partial charge in [-0.2, -0.15) is 0 Å². The normalized spacial score (nSPS) is 11.3. The minimum atomic E-state index is 0.863. The summed E-state index contributed by atoms with van der Waals surface area (Å²) in [6.07, 6.45) is 0. The van der Waals surface area contributed by atoms with Crippen molar-refractivity contribution in [2.45, 2.75) is 0 Å². The molecule has 2 heteroatoms. The molecule has 0 aliphatic heterocycles. The van der Waals surface area contributed by atoms with Crippen molar-refractivity contribution in [2.24, 2.45) is 0 Å². The molecule has 0 atom stereocenters. The van der Waals surface area contributed by atoms with Crippen LogP contribution in [0.2, 0.25) is 0 Å². The summed E-state index contributed by atoms with van der Waals surface area (Å²) in [5, 5.41) is 5.97. The van der Waals surface area contributed by atoms with Crippen LogP contribution in [-0.4, -0.2) is 0 Å². The van der Waals surface area contributed by atoms with Gasteiger partial charge in [0, 0.05) is 33.3 Å². The van der Waals surface area contributed by atoms with Crippen molar-refractivity contribution >= 4 is 49.6 Å². The largest absolute Gasteiger partial charge is 0.455 e. The molecule has 0 N–H and O–H groups in total. The molecule has 10 aromatic rings. The van der Waals surface area contributed by atoms with Gasteiger partial charge in [0.2, 0.25) is 0 Å². The molecule has 0 bridgehead atoms. The molecule has 0 spiro atoms. The summed E-state index contributed by atoms with van der Waals surface area (Å²) in [4.78, 5) is 2.39. The molecule has 1 aromatic heterocycles. The summed E-state index contributed by atoms with van der Waals surface area (Å²) in [6.45, 7) is 0. The lowest BCUT2D eigenvalue weighted by Gasteiger charge is -2.28. The van der Waals surface area contributed by atoms with Crippen LogP contribution in [0.4, 0.5) is 17.1 Å². The molecule has 54 heavy (non-hydrogen) atoms. The van der Waals surface area contributed by atoms with Gasteiger partial charge in [0.1, 0.15) is 11.3 Å². The number of para-hydroxylation sites is 1. The number of rotatable bonds is 7. The lowest BCUT2D eigenvalue weighted by atomic mass is 9.97. The Morgan fingerprint density at radius 1 is 0.315 bits per heavy atom. The molecule has 0 aliphatic carbocycles. The summed E-state index contributed by atoms with van der Waals surface area (Å²) in [5.41, 5.74) is 12.2. The minimum Gasteiger partial charge on any atom is -0.455 e. The lowest BCUT2D eigenvalue weighted by molar-refractivity contribution is 0.632. The fourth-order valence-electron chi connectivity index (χ4n) is 7.86. The van der Waals surface area contributed by atoms with Crippen LogP contribution in [0.1, 0.15) is 0 Å². The van der Waals surface area contributed by atoms with Gasteiger partial charge in [-0.25, -0.2) is 0 Å². The van der Waals surface area contributed by atoms with Gasteiger partial charge in [0.15, 0.2) is 0 Å². The highest BCUT2D eigenvalue weighted by Gasteiger charge is 2.21. The average Bonchev–Trinajstić information content (AvgIpc) is 3.65. The first-order chi connectivity index (χ1) is 26.8. The summed E-state index contributed by atoms with van der Waals surface area (Å²) in [5.74, 6) is 0.863. The van der Waals surface area contributed by atoms with Crippen molar-refractivity contribution in [1.29, 1.82) is 0 Å². The van der Waals surface area contributed by atoms with E-state index in [9.17, 15) is 0 Å². The highest BCUT2D eigenvalue weighted by molar-refractivity contribution is 6.14. The monoisotopic (exact) mass is 689 g/mol. The number of hydrogen-bond donors (Lipinski definition) is 0. The molecule has 0 amide bonds. The highest BCUT2D eigenvalue weighted by Crippen LogP contribution is 2.45. The lowest BCUT2D eigenvalue weighted by Crippen LogP contribution is -2.10. The number of furan rings is 1. The van der Waals surface area contributed by atoms with E-state index in [0.717, 1.165) is 50.5 Å². The van der Waals surface area contributed by atoms with Gasteiger partial charge in [0.05, 0.1) is 5.69 Å².